The SMILES string of the molecule is CN(CCn1cccn1)c1ccc(C(=N)N)cc1. The summed E-state index contributed by atoms with van der Waals surface area (Å²) in [6.07, 6.45) is 3.73. The van der Waals surface area contributed by atoms with E-state index in [4.69, 9.17) is 11.1 Å². The number of hydrogen-bond donors (Lipinski definition) is 2. The molecule has 0 atom stereocenters. The molecule has 0 aliphatic rings. The maximum atomic E-state index is 7.34. The molecule has 0 saturated heterocycles. The van der Waals surface area contributed by atoms with Gasteiger partial charge in [0.05, 0.1) is 6.54 Å². The number of hydrogen-bond acceptors (Lipinski definition) is 3. The molecule has 18 heavy (non-hydrogen) atoms. The Kier molecular flexibility index (Phi) is 3.62. The van der Waals surface area contributed by atoms with Gasteiger partial charge in [-0.15, -0.1) is 0 Å². The third-order valence-electron chi connectivity index (χ3n) is 2.84. The van der Waals surface area contributed by atoms with Crippen LogP contribution in [-0.2, 0) is 6.54 Å². The quantitative estimate of drug-likeness (QED) is 0.614. The van der Waals surface area contributed by atoms with Crippen molar-refractivity contribution in [3.8, 4) is 0 Å². The van der Waals surface area contributed by atoms with E-state index in [-0.39, 0.29) is 5.84 Å². The van der Waals surface area contributed by atoms with Crippen LogP contribution in [0.5, 0.6) is 0 Å². The summed E-state index contributed by atoms with van der Waals surface area (Å²) in [5.41, 5.74) is 7.27. The van der Waals surface area contributed by atoms with Crippen LogP contribution in [0.1, 0.15) is 5.56 Å². The van der Waals surface area contributed by atoms with Crippen LogP contribution < -0.4 is 10.6 Å². The highest BCUT2D eigenvalue weighted by Crippen LogP contribution is 2.13. The Morgan fingerprint density at radius 3 is 2.67 bits per heavy atom. The van der Waals surface area contributed by atoms with Crippen molar-refractivity contribution in [2.24, 2.45) is 5.73 Å². The summed E-state index contributed by atoms with van der Waals surface area (Å²) < 4.78 is 1.90. The molecule has 5 heteroatoms. The Labute approximate surface area is 106 Å². The smallest absolute Gasteiger partial charge is 0.122 e. The molecule has 0 spiro atoms. The molecule has 0 unspecified atom stereocenters. The minimum absolute atomic E-state index is 0.0979. The van der Waals surface area contributed by atoms with Gasteiger partial charge in [-0.2, -0.15) is 5.10 Å². The zero-order valence-corrected chi connectivity index (χ0v) is 10.4. The highest BCUT2D eigenvalue weighted by molar-refractivity contribution is 5.95. The standard InChI is InChI=1S/C13H17N5/c1-17(9-10-18-8-2-7-16-18)12-5-3-11(4-6-12)13(14)15/h2-8H,9-10H2,1H3,(H3,14,15). The Hall–Kier alpha value is -2.30. The van der Waals surface area contributed by atoms with Gasteiger partial charge < -0.3 is 10.6 Å². The van der Waals surface area contributed by atoms with Crippen molar-refractivity contribution < 1.29 is 0 Å². The first-order valence-corrected chi connectivity index (χ1v) is 5.80. The molecule has 1 aromatic carbocycles. The average Bonchev–Trinajstić information content (AvgIpc) is 2.89. The molecule has 0 amide bonds. The molecule has 0 bridgehead atoms. The molecule has 1 heterocycles. The Morgan fingerprint density at radius 1 is 1.39 bits per heavy atom. The highest BCUT2D eigenvalue weighted by atomic mass is 15.3. The van der Waals surface area contributed by atoms with E-state index >= 15 is 0 Å². The van der Waals surface area contributed by atoms with E-state index < -0.39 is 0 Å². The second kappa shape index (κ2) is 5.35. The molecule has 0 saturated carbocycles. The van der Waals surface area contributed by atoms with Crippen LogP contribution in [0.25, 0.3) is 0 Å². The third kappa shape index (κ3) is 2.88. The Balaban J connectivity index is 1.96. The number of nitrogen functional groups attached to an aromatic ring is 1. The fraction of sp³-hybridized carbons (Fsp3) is 0.231. The minimum Gasteiger partial charge on any atom is -0.384 e. The number of rotatable bonds is 5. The van der Waals surface area contributed by atoms with E-state index in [0.29, 0.717) is 0 Å². The van der Waals surface area contributed by atoms with E-state index in [9.17, 15) is 0 Å². The largest absolute Gasteiger partial charge is 0.384 e. The predicted molar refractivity (Wildman–Crippen MR) is 73.0 cm³/mol. The van der Waals surface area contributed by atoms with Crippen molar-refractivity contribution in [2.45, 2.75) is 6.54 Å². The van der Waals surface area contributed by atoms with Gasteiger partial charge in [0.2, 0.25) is 0 Å². The first-order valence-electron chi connectivity index (χ1n) is 5.80. The van der Waals surface area contributed by atoms with Crippen LogP contribution >= 0.6 is 0 Å². The lowest BCUT2D eigenvalue weighted by atomic mass is 10.2. The zero-order valence-electron chi connectivity index (χ0n) is 10.4. The normalized spacial score (nSPS) is 10.3. The van der Waals surface area contributed by atoms with Crippen molar-refractivity contribution in [1.82, 2.24) is 9.78 Å². The van der Waals surface area contributed by atoms with Gasteiger partial charge >= 0.3 is 0 Å². The zero-order chi connectivity index (χ0) is 13.0. The first kappa shape index (κ1) is 12.2. The van der Waals surface area contributed by atoms with Crippen LogP contribution in [0.4, 0.5) is 5.69 Å². The van der Waals surface area contributed by atoms with Gasteiger partial charge in [0.15, 0.2) is 0 Å². The van der Waals surface area contributed by atoms with Crippen molar-refractivity contribution in [3.05, 3.63) is 48.3 Å². The van der Waals surface area contributed by atoms with E-state index in [1.165, 1.54) is 0 Å². The second-order valence-electron chi connectivity index (χ2n) is 4.15. The lowest BCUT2D eigenvalue weighted by molar-refractivity contribution is 0.611. The van der Waals surface area contributed by atoms with Crippen molar-refractivity contribution in [1.29, 1.82) is 5.41 Å². The molecule has 0 aliphatic carbocycles. The van der Waals surface area contributed by atoms with Crippen LogP contribution in [0.3, 0.4) is 0 Å². The van der Waals surface area contributed by atoms with Gasteiger partial charge in [-0.05, 0) is 30.3 Å². The molecule has 94 valence electrons. The van der Waals surface area contributed by atoms with Crippen LogP contribution in [0, 0.1) is 5.41 Å². The van der Waals surface area contributed by atoms with E-state index in [0.717, 1.165) is 24.3 Å². The van der Waals surface area contributed by atoms with Crippen molar-refractivity contribution in [3.63, 3.8) is 0 Å². The number of likely N-dealkylation sites (N-methyl/N-ethyl adjacent to an activating group) is 1. The number of anilines is 1. The first-order chi connectivity index (χ1) is 8.66. The second-order valence-corrected chi connectivity index (χ2v) is 4.15. The summed E-state index contributed by atoms with van der Waals surface area (Å²) in [7, 11) is 2.03. The fourth-order valence-corrected chi connectivity index (χ4v) is 1.71. The number of amidine groups is 1. The third-order valence-corrected chi connectivity index (χ3v) is 2.84. The minimum atomic E-state index is 0.0979. The van der Waals surface area contributed by atoms with Gasteiger partial charge in [0.1, 0.15) is 5.84 Å². The van der Waals surface area contributed by atoms with Gasteiger partial charge in [-0.25, -0.2) is 0 Å². The maximum Gasteiger partial charge on any atom is 0.122 e. The Bertz CT molecular complexity index is 501. The van der Waals surface area contributed by atoms with Crippen molar-refractivity contribution in [2.75, 3.05) is 18.5 Å². The van der Waals surface area contributed by atoms with Gasteiger partial charge in [-0.1, -0.05) is 0 Å². The van der Waals surface area contributed by atoms with E-state index in [1.54, 1.807) is 6.20 Å². The van der Waals surface area contributed by atoms with Crippen LogP contribution in [0.2, 0.25) is 0 Å². The van der Waals surface area contributed by atoms with E-state index in [2.05, 4.69) is 10.00 Å². The predicted octanol–water partition coefficient (Wildman–Crippen LogP) is 1.30. The number of nitrogens with one attached hydrogen (secondary N) is 1. The summed E-state index contributed by atoms with van der Waals surface area (Å²) >= 11 is 0. The molecule has 1 aromatic heterocycles. The van der Waals surface area contributed by atoms with E-state index in [1.807, 2.05) is 48.3 Å². The lowest BCUT2D eigenvalue weighted by Crippen LogP contribution is -2.23. The molecule has 0 aliphatic heterocycles. The number of nitrogens with zero attached hydrogens (tertiary/aromatic N) is 3. The maximum absolute atomic E-state index is 7.34. The summed E-state index contributed by atoms with van der Waals surface area (Å²) in [4.78, 5) is 2.14. The van der Waals surface area contributed by atoms with Gasteiger partial charge in [-0.3, -0.25) is 10.1 Å². The van der Waals surface area contributed by atoms with Gasteiger partial charge in [0.25, 0.3) is 0 Å². The number of aromatic nitrogens is 2. The molecule has 2 aromatic rings. The van der Waals surface area contributed by atoms with Crippen molar-refractivity contribution >= 4 is 11.5 Å². The fourth-order valence-electron chi connectivity index (χ4n) is 1.71. The molecule has 2 rings (SSSR count). The number of benzene rings is 1. The Morgan fingerprint density at radius 2 is 2.11 bits per heavy atom. The molecule has 0 radical (unpaired) electrons. The van der Waals surface area contributed by atoms with Gasteiger partial charge in [0, 0.05) is 37.2 Å². The summed E-state index contributed by atoms with van der Waals surface area (Å²) in [6, 6.07) is 9.59. The molecule has 0 fully saturated rings. The van der Waals surface area contributed by atoms with Crippen LogP contribution in [-0.4, -0.2) is 29.2 Å². The lowest BCUT2D eigenvalue weighted by Gasteiger charge is -2.19. The summed E-state index contributed by atoms with van der Waals surface area (Å²) in [6.45, 7) is 1.72. The topological polar surface area (TPSA) is 70.9 Å². The molecular formula is C13H17N5. The summed E-state index contributed by atoms with van der Waals surface area (Å²) in [5, 5.41) is 11.5. The highest BCUT2D eigenvalue weighted by Gasteiger charge is 2.02. The molecule has 3 N–H and O–H groups in total. The van der Waals surface area contributed by atoms with Crippen LogP contribution in [0.15, 0.2) is 42.7 Å². The monoisotopic (exact) mass is 243 g/mol. The molecular weight excluding hydrogens is 226 g/mol. The average molecular weight is 243 g/mol. The summed E-state index contributed by atoms with van der Waals surface area (Å²) in [5.74, 6) is 0.0979. The number of nitrogens with two attached hydrogens (primary N) is 1. The molecule has 5 nitrogen and oxygen atoms in total.